The highest BCUT2D eigenvalue weighted by molar-refractivity contribution is 5.73. The lowest BCUT2D eigenvalue weighted by molar-refractivity contribution is -0.118. The molecule has 0 atom stereocenters. The van der Waals surface area contributed by atoms with E-state index in [-0.39, 0.29) is 5.91 Å². The number of aromatic nitrogens is 3. The fraction of sp³-hybridized carbons (Fsp3) is 0.571. The molecule has 2 N–H and O–H groups in total. The summed E-state index contributed by atoms with van der Waals surface area (Å²) in [6.07, 6.45) is 5.33. The highest BCUT2D eigenvalue weighted by Crippen LogP contribution is 1.96. The van der Waals surface area contributed by atoms with Crippen molar-refractivity contribution in [3.63, 3.8) is 0 Å². The minimum absolute atomic E-state index is 0.242. The number of carbonyl (C=O) groups excluding carboxylic acids is 1. The number of carbonyl (C=O) groups is 1. The predicted octanol–water partition coefficient (Wildman–Crippen LogP) is -0.0663. The number of nitrogens with two attached hydrogens (primary N) is 1. The van der Waals surface area contributed by atoms with Crippen LogP contribution in [0.5, 0.6) is 0 Å². The second-order valence-electron chi connectivity index (χ2n) is 2.58. The molecular formula is C7H12N4O. The van der Waals surface area contributed by atoms with Crippen LogP contribution < -0.4 is 5.73 Å². The van der Waals surface area contributed by atoms with E-state index < -0.39 is 0 Å². The van der Waals surface area contributed by atoms with E-state index in [1.807, 2.05) is 0 Å². The van der Waals surface area contributed by atoms with Crippen LogP contribution in [0.1, 0.15) is 19.3 Å². The van der Waals surface area contributed by atoms with Crippen molar-refractivity contribution in [2.45, 2.75) is 25.8 Å². The number of nitrogens with zero attached hydrogens (tertiary/aromatic N) is 3. The summed E-state index contributed by atoms with van der Waals surface area (Å²) in [6.45, 7) is 0.799. The Morgan fingerprint density at radius 3 is 2.92 bits per heavy atom. The normalized spacial score (nSPS) is 10.0. The molecule has 1 aromatic rings. The van der Waals surface area contributed by atoms with Crippen molar-refractivity contribution in [2.24, 2.45) is 5.73 Å². The average molecular weight is 168 g/mol. The first kappa shape index (κ1) is 8.70. The maximum absolute atomic E-state index is 10.3. The zero-order chi connectivity index (χ0) is 8.81. The van der Waals surface area contributed by atoms with Crippen molar-refractivity contribution in [1.29, 1.82) is 0 Å². The van der Waals surface area contributed by atoms with E-state index in [2.05, 4.69) is 10.1 Å². The summed E-state index contributed by atoms with van der Waals surface area (Å²) in [5, 5.41) is 3.92. The minimum Gasteiger partial charge on any atom is -0.370 e. The number of hydrogen-bond acceptors (Lipinski definition) is 3. The number of unbranched alkanes of at least 4 members (excludes halogenated alkanes) is 1. The van der Waals surface area contributed by atoms with Gasteiger partial charge in [0, 0.05) is 13.0 Å². The molecule has 0 bridgehead atoms. The Kier molecular flexibility index (Phi) is 3.25. The van der Waals surface area contributed by atoms with Crippen LogP contribution in [0.15, 0.2) is 12.7 Å². The Balaban J connectivity index is 2.07. The Morgan fingerprint density at radius 2 is 2.33 bits per heavy atom. The molecule has 0 aliphatic carbocycles. The van der Waals surface area contributed by atoms with Gasteiger partial charge in [-0.15, -0.1) is 0 Å². The molecule has 0 aliphatic rings. The largest absolute Gasteiger partial charge is 0.370 e. The van der Waals surface area contributed by atoms with Crippen molar-refractivity contribution >= 4 is 5.91 Å². The first-order chi connectivity index (χ1) is 5.79. The Morgan fingerprint density at radius 1 is 1.50 bits per heavy atom. The Labute approximate surface area is 70.6 Å². The SMILES string of the molecule is NC(=O)CCCCn1cncn1. The van der Waals surface area contributed by atoms with Gasteiger partial charge in [0.15, 0.2) is 0 Å². The molecule has 0 saturated heterocycles. The number of primary amides is 1. The lowest BCUT2D eigenvalue weighted by Crippen LogP contribution is -2.10. The monoisotopic (exact) mass is 168 g/mol. The van der Waals surface area contributed by atoms with Gasteiger partial charge in [0.2, 0.25) is 5.91 Å². The van der Waals surface area contributed by atoms with Gasteiger partial charge in [0.05, 0.1) is 0 Å². The van der Waals surface area contributed by atoms with E-state index in [1.54, 1.807) is 11.0 Å². The fourth-order valence-electron chi connectivity index (χ4n) is 0.921. The van der Waals surface area contributed by atoms with E-state index in [4.69, 9.17) is 5.73 Å². The third kappa shape index (κ3) is 3.14. The van der Waals surface area contributed by atoms with Gasteiger partial charge in [-0.25, -0.2) is 4.98 Å². The second kappa shape index (κ2) is 4.48. The number of hydrogen-bond donors (Lipinski definition) is 1. The lowest BCUT2D eigenvalue weighted by Gasteiger charge is -1.98. The van der Waals surface area contributed by atoms with Crippen LogP contribution in [0.2, 0.25) is 0 Å². The molecule has 0 spiro atoms. The van der Waals surface area contributed by atoms with Crippen molar-refractivity contribution in [2.75, 3.05) is 0 Å². The first-order valence-electron chi connectivity index (χ1n) is 3.90. The molecule has 0 saturated carbocycles. The van der Waals surface area contributed by atoms with Crippen LogP contribution in [0.25, 0.3) is 0 Å². The Bertz CT molecular complexity index is 232. The molecule has 1 rings (SSSR count). The van der Waals surface area contributed by atoms with Gasteiger partial charge in [-0.2, -0.15) is 5.10 Å². The predicted molar refractivity (Wildman–Crippen MR) is 43.1 cm³/mol. The molecule has 5 heteroatoms. The molecule has 0 fully saturated rings. The summed E-state index contributed by atoms with van der Waals surface area (Å²) in [5.74, 6) is -0.242. The minimum atomic E-state index is -0.242. The molecule has 0 aromatic carbocycles. The molecule has 0 radical (unpaired) electrons. The third-order valence-corrected chi connectivity index (χ3v) is 1.53. The van der Waals surface area contributed by atoms with Crippen molar-refractivity contribution in [1.82, 2.24) is 14.8 Å². The Hall–Kier alpha value is -1.39. The summed E-state index contributed by atoms with van der Waals surface area (Å²) in [7, 11) is 0. The molecule has 12 heavy (non-hydrogen) atoms. The van der Waals surface area contributed by atoms with Crippen LogP contribution in [-0.2, 0) is 11.3 Å². The lowest BCUT2D eigenvalue weighted by atomic mass is 10.2. The van der Waals surface area contributed by atoms with Crippen molar-refractivity contribution < 1.29 is 4.79 Å². The van der Waals surface area contributed by atoms with Crippen molar-refractivity contribution in [3.8, 4) is 0 Å². The van der Waals surface area contributed by atoms with Crippen molar-refractivity contribution in [3.05, 3.63) is 12.7 Å². The molecule has 1 heterocycles. The molecule has 5 nitrogen and oxygen atoms in total. The van der Waals surface area contributed by atoms with Crippen LogP contribution in [0.3, 0.4) is 0 Å². The smallest absolute Gasteiger partial charge is 0.217 e. The van der Waals surface area contributed by atoms with Gasteiger partial charge in [-0.3, -0.25) is 9.48 Å². The zero-order valence-electron chi connectivity index (χ0n) is 6.81. The molecule has 1 aromatic heterocycles. The third-order valence-electron chi connectivity index (χ3n) is 1.53. The van der Waals surface area contributed by atoms with Gasteiger partial charge >= 0.3 is 0 Å². The zero-order valence-corrected chi connectivity index (χ0v) is 6.81. The topological polar surface area (TPSA) is 73.8 Å². The maximum Gasteiger partial charge on any atom is 0.217 e. The van der Waals surface area contributed by atoms with Crippen LogP contribution in [0, 0.1) is 0 Å². The van der Waals surface area contributed by atoms with E-state index >= 15 is 0 Å². The quantitative estimate of drug-likeness (QED) is 0.625. The molecule has 66 valence electrons. The van der Waals surface area contributed by atoms with E-state index in [0.29, 0.717) is 6.42 Å². The summed E-state index contributed by atoms with van der Waals surface area (Å²) < 4.78 is 1.74. The van der Waals surface area contributed by atoms with Gasteiger partial charge in [-0.1, -0.05) is 0 Å². The maximum atomic E-state index is 10.3. The summed E-state index contributed by atoms with van der Waals surface area (Å²) >= 11 is 0. The summed E-state index contributed by atoms with van der Waals surface area (Å²) in [5.41, 5.74) is 4.98. The van der Waals surface area contributed by atoms with E-state index in [9.17, 15) is 4.79 Å². The number of rotatable bonds is 5. The van der Waals surface area contributed by atoms with Crippen LogP contribution in [-0.4, -0.2) is 20.7 Å². The molecule has 1 amide bonds. The van der Waals surface area contributed by atoms with Crippen LogP contribution in [0.4, 0.5) is 0 Å². The fourth-order valence-corrected chi connectivity index (χ4v) is 0.921. The van der Waals surface area contributed by atoms with E-state index in [1.165, 1.54) is 6.33 Å². The van der Waals surface area contributed by atoms with E-state index in [0.717, 1.165) is 19.4 Å². The summed E-state index contributed by atoms with van der Waals surface area (Å²) in [4.78, 5) is 14.1. The average Bonchev–Trinajstić information content (AvgIpc) is 2.49. The summed E-state index contributed by atoms with van der Waals surface area (Å²) in [6, 6.07) is 0. The second-order valence-corrected chi connectivity index (χ2v) is 2.58. The highest BCUT2D eigenvalue weighted by atomic mass is 16.1. The highest BCUT2D eigenvalue weighted by Gasteiger charge is 1.95. The number of amides is 1. The molecular weight excluding hydrogens is 156 g/mol. The number of aryl methyl sites for hydroxylation is 1. The van der Waals surface area contributed by atoms with Gasteiger partial charge in [0.25, 0.3) is 0 Å². The van der Waals surface area contributed by atoms with Crippen LogP contribution >= 0.6 is 0 Å². The van der Waals surface area contributed by atoms with Gasteiger partial charge in [0.1, 0.15) is 12.7 Å². The molecule has 0 unspecified atom stereocenters. The first-order valence-corrected chi connectivity index (χ1v) is 3.90. The van der Waals surface area contributed by atoms with Gasteiger partial charge < -0.3 is 5.73 Å². The standard InChI is InChI=1S/C7H12N4O/c8-7(12)3-1-2-4-11-6-9-5-10-11/h5-6H,1-4H2,(H2,8,12). The molecule has 0 aliphatic heterocycles. The van der Waals surface area contributed by atoms with Gasteiger partial charge in [-0.05, 0) is 12.8 Å².